The third-order valence-corrected chi connectivity index (χ3v) is 5.60. The van der Waals surface area contributed by atoms with Crippen molar-refractivity contribution in [1.29, 1.82) is 0 Å². The Bertz CT molecular complexity index is 403. The van der Waals surface area contributed by atoms with Crippen LogP contribution in [-0.2, 0) is 10.2 Å². The van der Waals surface area contributed by atoms with Crippen molar-refractivity contribution in [1.82, 2.24) is 13.5 Å². The number of hydrogen-bond donors (Lipinski definition) is 1. The average Bonchev–Trinajstić information content (AvgIpc) is 2.35. The molecule has 1 atom stereocenters. The average molecular weight is 308 g/mol. The molecule has 0 aromatic carbocycles. The lowest BCUT2D eigenvalue weighted by Gasteiger charge is -2.38. The number of thiocarbonyl (C=S) groups is 1. The van der Waals surface area contributed by atoms with Crippen LogP contribution >= 0.6 is 12.2 Å². The molecule has 1 fully saturated rings. The fraction of sp³-hybridized carbons (Fsp3) is 0.909. The van der Waals surface area contributed by atoms with Crippen LogP contribution in [0.2, 0.25) is 0 Å². The second kappa shape index (κ2) is 6.94. The van der Waals surface area contributed by atoms with Crippen molar-refractivity contribution in [3.05, 3.63) is 0 Å². The van der Waals surface area contributed by atoms with Crippen molar-refractivity contribution < 1.29 is 8.42 Å². The molecule has 1 heterocycles. The second-order valence-corrected chi connectivity index (χ2v) is 7.55. The zero-order valence-corrected chi connectivity index (χ0v) is 13.5. The zero-order chi connectivity index (χ0) is 14.6. The maximum Gasteiger partial charge on any atom is 0.281 e. The van der Waals surface area contributed by atoms with Crippen molar-refractivity contribution in [2.45, 2.75) is 25.8 Å². The van der Waals surface area contributed by atoms with Gasteiger partial charge >= 0.3 is 0 Å². The molecule has 0 saturated carbocycles. The molecular weight excluding hydrogens is 284 g/mol. The normalized spacial score (nSPS) is 20.6. The van der Waals surface area contributed by atoms with Crippen LogP contribution in [0, 0.1) is 0 Å². The number of nitrogens with two attached hydrogens (primary N) is 1. The molecule has 8 heteroatoms. The lowest BCUT2D eigenvalue weighted by atomic mass is 10.1. The molecule has 0 radical (unpaired) electrons. The molecule has 0 aromatic heterocycles. The monoisotopic (exact) mass is 308 g/mol. The van der Waals surface area contributed by atoms with E-state index in [1.54, 1.807) is 14.1 Å². The summed E-state index contributed by atoms with van der Waals surface area (Å²) in [5.41, 5.74) is 5.77. The fourth-order valence-corrected chi connectivity index (χ4v) is 3.61. The van der Waals surface area contributed by atoms with Gasteiger partial charge in [-0.1, -0.05) is 25.6 Å². The summed E-state index contributed by atoms with van der Waals surface area (Å²) in [6, 6.07) is 0.0872. The van der Waals surface area contributed by atoms with Gasteiger partial charge in [-0.25, -0.2) is 0 Å². The van der Waals surface area contributed by atoms with Gasteiger partial charge in [0.25, 0.3) is 10.2 Å². The predicted octanol–water partition coefficient (Wildman–Crippen LogP) is -0.135. The molecule has 0 amide bonds. The van der Waals surface area contributed by atoms with E-state index >= 15 is 0 Å². The van der Waals surface area contributed by atoms with Crippen LogP contribution in [-0.4, -0.2) is 73.2 Å². The number of hydrogen-bond acceptors (Lipinski definition) is 4. The SMILES string of the molecule is CCCC(C(N)=S)N1CCN(S(=O)(=O)N(C)C)CC1. The highest BCUT2D eigenvalue weighted by Crippen LogP contribution is 2.14. The summed E-state index contributed by atoms with van der Waals surface area (Å²) in [7, 11) is -0.201. The Hall–Kier alpha value is -0.280. The van der Waals surface area contributed by atoms with Crippen LogP contribution in [0.15, 0.2) is 0 Å². The van der Waals surface area contributed by atoms with E-state index in [4.69, 9.17) is 18.0 Å². The molecule has 0 spiro atoms. The van der Waals surface area contributed by atoms with E-state index in [2.05, 4.69) is 11.8 Å². The van der Waals surface area contributed by atoms with E-state index in [0.29, 0.717) is 31.2 Å². The first-order valence-corrected chi connectivity index (χ1v) is 8.32. The van der Waals surface area contributed by atoms with E-state index in [1.165, 1.54) is 8.61 Å². The van der Waals surface area contributed by atoms with Crippen LogP contribution in [0.3, 0.4) is 0 Å². The van der Waals surface area contributed by atoms with Gasteiger partial charge in [0, 0.05) is 40.3 Å². The molecule has 2 N–H and O–H groups in total. The minimum absolute atomic E-state index is 0.0872. The Kier molecular flexibility index (Phi) is 6.13. The van der Waals surface area contributed by atoms with Gasteiger partial charge in [-0.05, 0) is 6.42 Å². The third kappa shape index (κ3) is 4.09. The third-order valence-electron chi connectivity index (χ3n) is 3.39. The lowest BCUT2D eigenvalue weighted by Crippen LogP contribution is -2.56. The van der Waals surface area contributed by atoms with Crippen molar-refractivity contribution in [2.24, 2.45) is 5.73 Å². The molecule has 1 rings (SSSR count). The van der Waals surface area contributed by atoms with Crippen LogP contribution in [0.4, 0.5) is 0 Å². The summed E-state index contributed by atoms with van der Waals surface area (Å²) in [6.07, 6.45) is 1.94. The molecule has 112 valence electrons. The van der Waals surface area contributed by atoms with Crippen LogP contribution in [0.5, 0.6) is 0 Å². The molecule has 19 heavy (non-hydrogen) atoms. The van der Waals surface area contributed by atoms with Crippen molar-refractivity contribution in [2.75, 3.05) is 40.3 Å². The van der Waals surface area contributed by atoms with Crippen LogP contribution in [0.25, 0.3) is 0 Å². The minimum atomic E-state index is -3.31. The number of nitrogens with zero attached hydrogens (tertiary/aromatic N) is 3. The van der Waals surface area contributed by atoms with Gasteiger partial charge in [-0.2, -0.15) is 17.0 Å². The lowest BCUT2D eigenvalue weighted by molar-refractivity contribution is 0.159. The van der Waals surface area contributed by atoms with Gasteiger partial charge in [0.2, 0.25) is 0 Å². The van der Waals surface area contributed by atoms with Crippen molar-refractivity contribution in [3.63, 3.8) is 0 Å². The van der Waals surface area contributed by atoms with Gasteiger partial charge in [-0.15, -0.1) is 0 Å². The summed E-state index contributed by atoms with van der Waals surface area (Å²) in [5.74, 6) is 0. The fourth-order valence-electron chi connectivity index (χ4n) is 2.26. The summed E-state index contributed by atoms with van der Waals surface area (Å²) < 4.78 is 26.8. The summed E-state index contributed by atoms with van der Waals surface area (Å²) in [6.45, 7) is 4.43. The molecule has 1 saturated heterocycles. The highest BCUT2D eigenvalue weighted by atomic mass is 32.2. The quantitative estimate of drug-likeness (QED) is 0.692. The van der Waals surface area contributed by atoms with E-state index in [0.717, 1.165) is 12.8 Å². The second-order valence-electron chi connectivity index (χ2n) is 4.93. The first-order chi connectivity index (χ1) is 8.80. The highest BCUT2D eigenvalue weighted by Gasteiger charge is 2.31. The maximum atomic E-state index is 12.0. The summed E-state index contributed by atoms with van der Waals surface area (Å²) >= 11 is 5.10. The number of piperazine rings is 1. The molecule has 1 unspecified atom stereocenters. The highest BCUT2D eigenvalue weighted by molar-refractivity contribution is 7.86. The van der Waals surface area contributed by atoms with Crippen molar-refractivity contribution >= 4 is 27.4 Å². The topological polar surface area (TPSA) is 69.9 Å². The van der Waals surface area contributed by atoms with Crippen LogP contribution < -0.4 is 5.73 Å². The molecule has 1 aliphatic rings. The zero-order valence-electron chi connectivity index (χ0n) is 11.9. The van der Waals surface area contributed by atoms with E-state index in [1.807, 2.05) is 0 Å². The van der Waals surface area contributed by atoms with E-state index in [-0.39, 0.29) is 6.04 Å². The predicted molar refractivity (Wildman–Crippen MR) is 81.2 cm³/mol. The van der Waals surface area contributed by atoms with Gasteiger partial charge in [0.15, 0.2) is 0 Å². The maximum absolute atomic E-state index is 12.0. The standard InChI is InChI=1S/C11H24N4O2S2/c1-4-5-10(11(12)18)14-6-8-15(9-7-14)19(16,17)13(2)3/h10H,4-9H2,1-3H3,(H2,12,18). The Morgan fingerprint density at radius 2 is 1.84 bits per heavy atom. The summed E-state index contributed by atoms with van der Waals surface area (Å²) in [5, 5.41) is 0. The molecule has 0 aliphatic carbocycles. The van der Waals surface area contributed by atoms with E-state index in [9.17, 15) is 8.42 Å². The Morgan fingerprint density at radius 1 is 1.32 bits per heavy atom. The molecule has 6 nitrogen and oxygen atoms in total. The molecule has 0 bridgehead atoms. The summed E-state index contributed by atoms with van der Waals surface area (Å²) in [4.78, 5) is 2.69. The molecule has 1 aliphatic heterocycles. The van der Waals surface area contributed by atoms with Crippen molar-refractivity contribution in [3.8, 4) is 0 Å². The smallest absolute Gasteiger partial charge is 0.281 e. The number of rotatable bonds is 6. The van der Waals surface area contributed by atoms with Crippen LogP contribution in [0.1, 0.15) is 19.8 Å². The largest absolute Gasteiger partial charge is 0.392 e. The first-order valence-electron chi connectivity index (χ1n) is 6.51. The Morgan fingerprint density at radius 3 is 2.21 bits per heavy atom. The molecule has 0 aromatic rings. The van der Waals surface area contributed by atoms with Gasteiger partial charge in [0.05, 0.1) is 11.0 Å². The van der Waals surface area contributed by atoms with E-state index < -0.39 is 10.2 Å². The Balaban J connectivity index is 2.64. The molecular formula is C11H24N4O2S2. The first kappa shape index (κ1) is 16.8. The Labute approximate surface area is 121 Å². The van der Waals surface area contributed by atoms with Gasteiger partial charge < -0.3 is 5.73 Å². The van der Waals surface area contributed by atoms with Gasteiger partial charge in [-0.3, -0.25) is 4.90 Å². The minimum Gasteiger partial charge on any atom is -0.392 e. The van der Waals surface area contributed by atoms with Gasteiger partial charge in [0.1, 0.15) is 0 Å².